The SMILES string of the molecule is C=CCn1c(COc2ccc(Cl)cc2)nnc1SCC(=O)Nc1c(F)cc(F)cc1Br. The molecule has 1 heterocycles. The number of carbonyl (C=O) groups excluding carboxylic acids is 1. The quantitative estimate of drug-likeness (QED) is 0.294. The molecule has 3 rings (SSSR count). The summed E-state index contributed by atoms with van der Waals surface area (Å²) >= 11 is 10.0. The van der Waals surface area contributed by atoms with Crippen LogP contribution >= 0.6 is 39.3 Å². The molecule has 0 unspecified atom stereocenters. The molecule has 11 heteroatoms. The maximum absolute atomic E-state index is 13.9. The summed E-state index contributed by atoms with van der Waals surface area (Å²) in [7, 11) is 0. The predicted molar refractivity (Wildman–Crippen MR) is 119 cm³/mol. The second-order valence-corrected chi connectivity index (χ2v) is 8.36. The molecule has 0 atom stereocenters. The minimum atomic E-state index is -0.873. The molecule has 1 aromatic heterocycles. The third-order valence-corrected chi connectivity index (χ3v) is 5.73. The van der Waals surface area contributed by atoms with Gasteiger partial charge in [0.25, 0.3) is 0 Å². The zero-order valence-corrected chi connectivity index (χ0v) is 19.1. The van der Waals surface area contributed by atoms with E-state index in [9.17, 15) is 13.6 Å². The van der Waals surface area contributed by atoms with Crippen LogP contribution in [0.1, 0.15) is 5.82 Å². The minimum absolute atomic E-state index is 0.0590. The summed E-state index contributed by atoms with van der Waals surface area (Å²) in [5.74, 6) is -0.993. The van der Waals surface area contributed by atoms with Gasteiger partial charge in [0.1, 0.15) is 18.2 Å². The molecule has 0 spiro atoms. The summed E-state index contributed by atoms with van der Waals surface area (Å²) in [6.07, 6.45) is 1.67. The van der Waals surface area contributed by atoms with E-state index < -0.39 is 17.5 Å². The first-order valence-electron chi connectivity index (χ1n) is 8.86. The van der Waals surface area contributed by atoms with Crippen LogP contribution < -0.4 is 10.1 Å². The molecular formula is C20H16BrClF2N4O2S. The lowest BCUT2D eigenvalue weighted by Gasteiger charge is -2.10. The van der Waals surface area contributed by atoms with E-state index in [1.54, 1.807) is 34.9 Å². The molecule has 3 aromatic rings. The molecule has 0 aliphatic rings. The van der Waals surface area contributed by atoms with Crippen molar-refractivity contribution >= 4 is 50.9 Å². The van der Waals surface area contributed by atoms with Crippen molar-refractivity contribution < 1.29 is 18.3 Å². The largest absolute Gasteiger partial charge is 0.486 e. The number of amides is 1. The number of hydrogen-bond donors (Lipinski definition) is 1. The summed E-state index contributed by atoms with van der Waals surface area (Å²) in [5, 5.41) is 11.7. The first-order valence-corrected chi connectivity index (χ1v) is 11.0. The first-order chi connectivity index (χ1) is 14.9. The molecule has 31 heavy (non-hydrogen) atoms. The molecule has 0 fully saturated rings. The number of nitrogens with one attached hydrogen (secondary N) is 1. The van der Waals surface area contributed by atoms with Crippen molar-refractivity contribution in [2.24, 2.45) is 0 Å². The van der Waals surface area contributed by atoms with Gasteiger partial charge in [-0.25, -0.2) is 8.78 Å². The fourth-order valence-electron chi connectivity index (χ4n) is 2.49. The Morgan fingerprint density at radius 2 is 2.03 bits per heavy atom. The van der Waals surface area contributed by atoms with Crippen molar-refractivity contribution in [3.8, 4) is 5.75 Å². The normalized spacial score (nSPS) is 10.7. The van der Waals surface area contributed by atoms with Crippen molar-refractivity contribution in [3.63, 3.8) is 0 Å². The van der Waals surface area contributed by atoms with E-state index in [0.29, 0.717) is 34.4 Å². The van der Waals surface area contributed by atoms with Crippen LogP contribution in [0.15, 0.2) is 58.7 Å². The Labute approximate surface area is 194 Å². The van der Waals surface area contributed by atoms with Crippen LogP contribution in [0.25, 0.3) is 0 Å². The van der Waals surface area contributed by atoms with Gasteiger partial charge >= 0.3 is 0 Å². The van der Waals surface area contributed by atoms with E-state index in [0.717, 1.165) is 17.8 Å². The summed E-state index contributed by atoms with van der Waals surface area (Å²) in [6.45, 7) is 4.29. The lowest BCUT2D eigenvalue weighted by molar-refractivity contribution is -0.113. The van der Waals surface area contributed by atoms with Gasteiger partial charge in [-0.2, -0.15) is 0 Å². The van der Waals surface area contributed by atoms with Gasteiger partial charge in [-0.15, -0.1) is 16.8 Å². The zero-order valence-electron chi connectivity index (χ0n) is 15.9. The summed E-state index contributed by atoms with van der Waals surface area (Å²) < 4.78 is 34.7. The van der Waals surface area contributed by atoms with Crippen LogP contribution in [0.4, 0.5) is 14.5 Å². The molecule has 0 radical (unpaired) electrons. The smallest absolute Gasteiger partial charge is 0.234 e. The maximum atomic E-state index is 13.9. The number of halogens is 4. The Bertz CT molecular complexity index is 1070. The fraction of sp³-hybridized carbons (Fsp3) is 0.150. The number of anilines is 1. The van der Waals surface area contributed by atoms with Crippen LogP contribution in [0.3, 0.4) is 0 Å². The summed E-state index contributed by atoms with van der Waals surface area (Å²) in [4.78, 5) is 12.3. The lowest BCUT2D eigenvalue weighted by Crippen LogP contribution is -2.16. The third kappa shape index (κ3) is 6.28. The van der Waals surface area contributed by atoms with Crippen molar-refractivity contribution in [1.29, 1.82) is 0 Å². The minimum Gasteiger partial charge on any atom is -0.486 e. The van der Waals surface area contributed by atoms with E-state index in [2.05, 4.69) is 38.0 Å². The van der Waals surface area contributed by atoms with Gasteiger partial charge in [0.15, 0.2) is 16.8 Å². The molecule has 1 N–H and O–H groups in total. The van der Waals surface area contributed by atoms with Crippen LogP contribution in [0.5, 0.6) is 5.75 Å². The van der Waals surface area contributed by atoms with E-state index in [1.165, 1.54) is 0 Å². The monoisotopic (exact) mass is 528 g/mol. The number of nitrogens with zero attached hydrogens (tertiary/aromatic N) is 3. The lowest BCUT2D eigenvalue weighted by atomic mass is 10.3. The zero-order chi connectivity index (χ0) is 22.4. The Morgan fingerprint density at radius 1 is 1.29 bits per heavy atom. The van der Waals surface area contributed by atoms with Gasteiger partial charge < -0.3 is 10.1 Å². The summed E-state index contributed by atoms with van der Waals surface area (Å²) in [6, 6.07) is 8.67. The second-order valence-electron chi connectivity index (χ2n) is 6.12. The van der Waals surface area contributed by atoms with E-state index in [4.69, 9.17) is 16.3 Å². The number of ether oxygens (including phenoxy) is 1. The molecule has 1 amide bonds. The number of rotatable bonds is 9. The van der Waals surface area contributed by atoms with Crippen molar-refractivity contribution in [2.45, 2.75) is 18.3 Å². The highest BCUT2D eigenvalue weighted by Crippen LogP contribution is 2.27. The van der Waals surface area contributed by atoms with E-state index in [1.807, 2.05) is 0 Å². The number of thioether (sulfide) groups is 1. The number of allylic oxidation sites excluding steroid dienone is 1. The van der Waals surface area contributed by atoms with Crippen LogP contribution in [-0.2, 0) is 17.9 Å². The van der Waals surface area contributed by atoms with Crippen molar-refractivity contribution in [2.75, 3.05) is 11.1 Å². The Morgan fingerprint density at radius 3 is 2.71 bits per heavy atom. The van der Waals surface area contributed by atoms with Gasteiger partial charge in [-0.05, 0) is 46.3 Å². The van der Waals surface area contributed by atoms with Crippen molar-refractivity contribution in [3.05, 3.63) is 76.0 Å². The van der Waals surface area contributed by atoms with Crippen molar-refractivity contribution in [1.82, 2.24) is 14.8 Å². The Hall–Kier alpha value is -2.43. The van der Waals surface area contributed by atoms with Gasteiger partial charge in [-0.1, -0.05) is 29.4 Å². The average Bonchev–Trinajstić information content (AvgIpc) is 3.10. The number of benzene rings is 2. The van der Waals surface area contributed by atoms with Crippen LogP contribution in [0, 0.1) is 11.6 Å². The number of hydrogen-bond acceptors (Lipinski definition) is 5. The standard InChI is InChI=1S/C20H16BrClF2N4O2S/c1-2-7-28-17(10-30-14-5-3-12(22)4-6-14)26-27-20(28)31-11-18(29)25-19-15(21)8-13(23)9-16(19)24/h2-6,8-9H,1,7,10-11H2,(H,25,29). The Kier molecular flexibility index (Phi) is 8.05. The summed E-state index contributed by atoms with van der Waals surface area (Å²) in [5.41, 5.74) is -0.128. The highest BCUT2D eigenvalue weighted by molar-refractivity contribution is 9.10. The molecular weight excluding hydrogens is 514 g/mol. The molecule has 6 nitrogen and oxygen atoms in total. The topological polar surface area (TPSA) is 69.0 Å². The molecule has 0 aliphatic carbocycles. The molecule has 2 aromatic carbocycles. The highest BCUT2D eigenvalue weighted by atomic mass is 79.9. The number of carbonyl (C=O) groups is 1. The van der Waals surface area contributed by atoms with Crippen LogP contribution in [-0.4, -0.2) is 26.4 Å². The van der Waals surface area contributed by atoms with Gasteiger partial charge in [0, 0.05) is 22.1 Å². The predicted octanol–water partition coefficient (Wildman–Crippen LogP) is 5.47. The third-order valence-electron chi connectivity index (χ3n) is 3.89. The van der Waals surface area contributed by atoms with E-state index in [-0.39, 0.29) is 22.5 Å². The van der Waals surface area contributed by atoms with Gasteiger partial charge in [0.2, 0.25) is 5.91 Å². The Balaban J connectivity index is 1.64. The second kappa shape index (κ2) is 10.7. The highest BCUT2D eigenvalue weighted by Gasteiger charge is 2.16. The fourth-order valence-corrected chi connectivity index (χ4v) is 3.89. The molecule has 0 aliphatic heterocycles. The van der Waals surface area contributed by atoms with Crippen LogP contribution in [0.2, 0.25) is 5.02 Å². The van der Waals surface area contributed by atoms with E-state index >= 15 is 0 Å². The molecule has 162 valence electrons. The van der Waals surface area contributed by atoms with Gasteiger partial charge in [-0.3, -0.25) is 9.36 Å². The number of aromatic nitrogens is 3. The molecule has 0 saturated carbocycles. The average molecular weight is 530 g/mol. The maximum Gasteiger partial charge on any atom is 0.234 e. The molecule has 0 saturated heterocycles. The first kappa shape index (κ1) is 23.2. The molecule has 0 bridgehead atoms. The van der Waals surface area contributed by atoms with Gasteiger partial charge in [0.05, 0.1) is 11.4 Å².